The average molecular weight is 379 g/mol. The van der Waals surface area contributed by atoms with E-state index in [1.807, 2.05) is 48.4 Å². The fourth-order valence-electron chi connectivity index (χ4n) is 3.45. The summed E-state index contributed by atoms with van der Waals surface area (Å²) in [5, 5.41) is 4.15. The lowest BCUT2D eigenvalue weighted by Gasteiger charge is -2.26. The normalized spacial score (nSPS) is 16.2. The lowest BCUT2D eigenvalue weighted by atomic mass is 10.0. The minimum atomic E-state index is -0.271. The zero-order chi connectivity index (χ0) is 19.5. The molecule has 5 nitrogen and oxygen atoms in total. The summed E-state index contributed by atoms with van der Waals surface area (Å²) >= 11 is 0. The van der Waals surface area contributed by atoms with Gasteiger partial charge in [-0.1, -0.05) is 18.2 Å². The van der Waals surface area contributed by atoms with Crippen molar-refractivity contribution in [3.63, 3.8) is 0 Å². The summed E-state index contributed by atoms with van der Waals surface area (Å²) < 4.78 is 21.3. The number of hydrogen-bond acceptors (Lipinski definition) is 3. The predicted molar refractivity (Wildman–Crippen MR) is 104 cm³/mol. The highest BCUT2D eigenvalue weighted by atomic mass is 19.1. The maximum absolute atomic E-state index is 13.6. The van der Waals surface area contributed by atoms with Crippen LogP contribution in [0.25, 0.3) is 11.1 Å². The van der Waals surface area contributed by atoms with Crippen LogP contribution in [-0.4, -0.2) is 33.2 Å². The Morgan fingerprint density at radius 2 is 2.07 bits per heavy atom. The Morgan fingerprint density at radius 1 is 1.21 bits per heavy atom. The predicted octanol–water partition coefficient (Wildman–Crippen LogP) is 3.89. The van der Waals surface area contributed by atoms with E-state index in [1.165, 1.54) is 12.1 Å². The average Bonchev–Trinajstić information content (AvgIpc) is 3.16. The molecule has 0 N–H and O–H groups in total. The van der Waals surface area contributed by atoms with E-state index in [2.05, 4.69) is 5.10 Å². The van der Waals surface area contributed by atoms with E-state index in [9.17, 15) is 9.18 Å². The third-order valence-electron chi connectivity index (χ3n) is 5.01. The molecule has 0 fully saturated rings. The van der Waals surface area contributed by atoms with Crippen molar-refractivity contribution in [1.29, 1.82) is 0 Å². The number of halogens is 1. The highest BCUT2D eigenvalue weighted by Gasteiger charge is 2.25. The van der Waals surface area contributed by atoms with Crippen molar-refractivity contribution in [3.05, 3.63) is 72.3 Å². The number of aryl methyl sites for hydroxylation is 1. The molecule has 2 aromatic carbocycles. The van der Waals surface area contributed by atoms with E-state index >= 15 is 0 Å². The molecule has 1 aromatic heterocycles. The van der Waals surface area contributed by atoms with Crippen LogP contribution in [0.4, 0.5) is 4.39 Å². The lowest BCUT2D eigenvalue weighted by molar-refractivity contribution is -0.134. The Bertz CT molecular complexity index is 972. The fraction of sp³-hybridized carbons (Fsp3) is 0.273. The molecule has 0 aliphatic carbocycles. The Morgan fingerprint density at radius 3 is 2.86 bits per heavy atom. The summed E-state index contributed by atoms with van der Waals surface area (Å²) in [5.41, 5.74) is 2.63. The number of rotatable bonds is 4. The van der Waals surface area contributed by atoms with Gasteiger partial charge < -0.3 is 9.64 Å². The molecule has 0 radical (unpaired) electrons. The summed E-state index contributed by atoms with van der Waals surface area (Å²) in [6.07, 6.45) is 3.94. The van der Waals surface area contributed by atoms with Gasteiger partial charge in [-0.3, -0.25) is 9.48 Å². The fourth-order valence-corrected chi connectivity index (χ4v) is 3.45. The topological polar surface area (TPSA) is 47.4 Å². The smallest absolute Gasteiger partial charge is 0.225 e. The molecule has 1 atom stereocenters. The second-order valence-electron chi connectivity index (χ2n) is 7.03. The van der Waals surface area contributed by atoms with E-state index in [-0.39, 0.29) is 17.8 Å². The molecule has 0 saturated heterocycles. The summed E-state index contributed by atoms with van der Waals surface area (Å²) in [6.45, 7) is 3.45. The number of benzene rings is 2. The van der Waals surface area contributed by atoms with Crippen molar-refractivity contribution in [2.24, 2.45) is 0 Å². The molecule has 0 unspecified atom stereocenters. The number of hydrogen-bond donors (Lipinski definition) is 0. The standard InChI is InChI=1S/C22H22FN3O2/c1-16-15-28-21-7-6-18(17-4-2-5-20(23)13-17)12-19(21)14-26(16)22(27)8-11-25-10-3-9-24-25/h2-7,9-10,12-13,16H,8,11,14-15H2,1H3/t16-/m0/s1. The van der Waals surface area contributed by atoms with E-state index in [0.29, 0.717) is 26.1 Å². The number of carbonyl (C=O) groups is 1. The van der Waals surface area contributed by atoms with Crippen LogP contribution in [0.5, 0.6) is 5.75 Å². The van der Waals surface area contributed by atoms with Gasteiger partial charge in [-0.2, -0.15) is 5.10 Å². The molecule has 2 heterocycles. The zero-order valence-corrected chi connectivity index (χ0v) is 15.7. The SMILES string of the molecule is C[C@H]1COc2ccc(-c3cccc(F)c3)cc2CN1C(=O)CCn1cccn1. The first-order chi connectivity index (χ1) is 13.6. The Labute approximate surface area is 163 Å². The van der Waals surface area contributed by atoms with Gasteiger partial charge in [0.25, 0.3) is 0 Å². The second kappa shape index (κ2) is 7.84. The third-order valence-corrected chi connectivity index (χ3v) is 5.01. The molecule has 0 saturated carbocycles. The van der Waals surface area contributed by atoms with Crippen LogP contribution in [0.1, 0.15) is 18.9 Å². The molecule has 3 aromatic rings. The van der Waals surface area contributed by atoms with Crippen LogP contribution in [0.15, 0.2) is 60.9 Å². The minimum Gasteiger partial charge on any atom is -0.491 e. The molecule has 6 heteroatoms. The quantitative estimate of drug-likeness (QED) is 0.691. The van der Waals surface area contributed by atoms with Gasteiger partial charge in [-0.25, -0.2) is 4.39 Å². The summed E-state index contributed by atoms with van der Waals surface area (Å²) in [7, 11) is 0. The van der Waals surface area contributed by atoms with Crippen molar-refractivity contribution in [3.8, 4) is 16.9 Å². The lowest BCUT2D eigenvalue weighted by Crippen LogP contribution is -2.40. The molecule has 0 bridgehead atoms. The molecule has 1 amide bonds. The number of fused-ring (bicyclic) bond motifs is 1. The number of aromatic nitrogens is 2. The van der Waals surface area contributed by atoms with Gasteiger partial charge in [0.05, 0.1) is 6.04 Å². The largest absolute Gasteiger partial charge is 0.491 e. The number of carbonyl (C=O) groups excluding carboxylic acids is 1. The van der Waals surface area contributed by atoms with Gasteiger partial charge in [-0.05, 0) is 48.4 Å². The molecule has 28 heavy (non-hydrogen) atoms. The van der Waals surface area contributed by atoms with Crippen LogP contribution in [-0.2, 0) is 17.9 Å². The maximum atomic E-state index is 13.6. The van der Waals surface area contributed by atoms with Gasteiger partial charge in [0.2, 0.25) is 5.91 Å². The maximum Gasteiger partial charge on any atom is 0.225 e. The van der Waals surface area contributed by atoms with E-state index in [4.69, 9.17) is 4.74 Å². The van der Waals surface area contributed by atoms with Crippen LogP contribution in [0, 0.1) is 5.82 Å². The first-order valence-electron chi connectivity index (χ1n) is 9.39. The molecule has 4 rings (SSSR count). The molecule has 144 valence electrons. The first-order valence-corrected chi connectivity index (χ1v) is 9.39. The second-order valence-corrected chi connectivity index (χ2v) is 7.03. The van der Waals surface area contributed by atoms with Crippen molar-refractivity contribution in [1.82, 2.24) is 14.7 Å². The van der Waals surface area contributed by atoms with Crippen molar-refractivity contribution in [2.75, 3.05) is 6.61 Å². The van der Waals surface area contributed by atoms with Gasteiger partial charge in [0.15, 0.2) is 0 Å². The monoisotopic (exact) mass is 379 g/mol. The van der Waals surface area contributed by atoms with Crippen LogP contribution < -0.4 is 4.74 Å². The molecular formula is C22H22FN3O2. The highest BCUT2D eigenvalue weighted by Crippen LogP contribution is 2.31. The number of amides is 1. The third kappa shape index (κ3) is 3.91. The number of ether oxygens (including phenoxy) is 1. The van der Waals surface area contributed by atoms with Gasteiger partial charge in [0, 0.05) is 37.5 Å². The Balaban J connectivity index is 1.55. The molecular weight excluding hydrogens is 357 g/mol. The van der Waals surface area contributed by atoms with Crippen LogP contribution in [0.2, 0.25) is 0 Å². The van der Waals surface area contributed by atoms with Crippen molar-refractivity contribution >= 4 is 5.91 Å². The van der Waals surface area contributed by atoms with Crippen LogP contribution in [0.3, 0.4) is 0 Å². The number of nitrogens with zero attached hydrogens (tertiary/aromatic N) is 3. The van der Waals surface area contributed by atoms with Crippen molar-refractivity contribution < 1.29 is 13.9 Å². The summed E-state index contributed by atoms with van der Waals surface area (Å²) in [4.78, 5) is 14.7. The van der Waals surface area contributed by atoms with Gasteiger partial charge >= 0.3 is 0 Å². The van der Waals surface area contributed by atoms with E-state index < -0.39 is 0 Å². The molecule has 0 spiro atoms. The van der Waals surface area contributed by atoms with Crippen LogP contribution >= 0.6 is 0 Å². The Hall–Kier alpha value is -3.15. The Kier molecular flexibility index (Phi) is 5.10. The highest BCUT2D eigenvalue weighted by molar-refractivity contribution is 5.77. The van der Waals surface area contributed by atoms with Gasteiger partial charge in [-0.15, -0.1) is 0 Å². The van der Waals surface area contributed by atoms with Gasteiger partial charge in [0.1, 0.15) is 18.2 Å². The molecule has 1 aliphatic rings. The minimum absolute atomic E-state index is 0.0323. The summed E-state index contributed by atoms with van der Waals surface area (Å²) in [5.74, 6) is 0.567. The summed E-state index contributed by atoms with van der Waals surface area (Å²) in [6, 6.07) is 14.1. The van der Waals surface area contributed by atoms with E-state index in [0.717, 1.165) is 22.4 Å². The molecule has 1 aliphatic heterocycles. The zero-order valence-electron chi connectivity index (χ0n) is 15.7. The van der Waals surface area contributed by atoms with E-state index in [1.54, 1.807) is 16.9 Å². The first kappa shape index (κ1) is 18.2. The van der Waals surface area contributed by atoms with Crippen molar-refractivity contribution in [2.45, 2.75) is 32.5 Å².